The van der Waals surface area contributed by atoms with Crippen molar-refractivity contribution in [3.05, 3.63) is 23.2 Å². The number of furan rings is 1. The average molecular weight is 238 g/mol. The molecule has 0 aliphatic heterocycles. The Bertz CT molecular complexity index is 395. The fourth-order valence-electron chi connectivity index (χ4n) is 1.72. The zero-order valence-corrected chi connectivity index (χ0v) is 11.2. The second-order valence-electron chi connectivity index (χ2n) is 4.47. The van der Waals surface area contributed by atoms with Crippen LogP contribution in [0.15, 0.2) is 15.5 Å². The van der Waals surface area contributed by atoms with Crippen LogP contribution in [-0.2, 0) is 0 Å². The van der Waals surface area contributed by atoms with Crippen molar-refractivity contribution < 1.29 is 4.42 Å². The van der Waals surface area contributed by atoms with E-state index in [1.807, 2.05) is 40.7 Å². The Kier molecular flexibility index (Phi) is 4.57. The Morgan fingerprint density at radius 3 is 2.41 bits per heavy atom. The van der Waals surface area contributed by atoms with Crippen LogP contribution < -0.4 is 16.6 Å². The fraction of sp³-hybridized carbons (Fsp3) is 0.583. The number of nitrogens with two attached hydrogens (primary N) is 1. The van der Waals surface area contributed by atoms with Crippen LogP contribution >= 0.6 is 0 Å². The van der Waals surface area contributed by atoms with Gasteiger partial charge < -0.3 is 9.73 Å². The van der Waals surface area contributed by atoms with Crippen molar-refractivity contribution in [3.8, 4) is 0 Å². The van der Waals surface area contributed by atoms with Gasteiger partial charge in [-0.2, -0.15) is 0 Å². The van der Waals surface area contributed by atoms with Gasteiger partial charge in [0.15, 0.2) is 0 Å². The molecular formula is C12H22N4O. The minimum Gasteiger partial charge on any atom is -0.466 e. The van der Waals surface area contributed by atoms with Gasteiger partial charge >= 0.3 is 0 Å². The summed E-state index contributed by atoms with van der Waals surface area (Å²) >= 11 is 0. The molecule has 0 aliphatic carbocycles. The second-order valence-corrected chi connectivity index (χ2v) is 4.47. The van der Waals surface area contributed by atoms with Gasteiger partial charge in [0.25, 0.3) is 0 Å². The zero-order chi connectivity index (χ0) is 13.0. The molecule has 96 valence electrons. The molecule has 0 saturated heterocycles. The van der Waals surface area contributed by atoms with Crippen LogP contribution in [0.4, 0.5) is 0 Å². The highest BCUT2D eigenvalue weighted by Crippen LogP contribution is 2.23. The average Bonchev–Trinajstić information content (AvgIpc) is 2.56. The van der Waals surface area contributed by atoms with Crippen molar-refractivity contribution >= 4 is 5.96 Å². The van der Waals surface area contributed by atoms with Crippen molar-refractivity contribution in [2.45, 2.75) is 46.7 Å². The summed E-state index contributed by atoms with van der Waals surface area (Å²) in [5.41, 5.74) is 3.65. The number of hydrogen-bond donors (Lipinski definition) is 3. The maximum atomic E-state index is 5.49. The van der Waals surface area contributed by atoms with E-state index in [2.05, 4.69) is 15.7 Å². The number of aryl methyl sites for hydroxylation is 2. The lowest BCUT2D eigenvalue weighted by atomic mass is 10.1. The van der Waals surface area contributed by atoms with Gasteiger partial charge in [-0.25, -0.2) is 10.8 Å². The Morgan fingerprint density at radius 1 is 1.35 bits per heavy atom. The number of nitrogens with zero attached hydrogens (tertiary/aromatic N) is 1. The van der Waals surface area contributed by atoms with E-state index >= 15 is 0 Å². The number of guanidine groups is 1. The van der Waals surface area contributed by atoms with Crippen molar-refractivity contribution in [1.82, 2.24) is 10.7 Å². The third-order valence-corrected chi connectivity index (χ3v) is 2.41. The molecule has 0 fully saturated rings. The first kappa shape index (κ1) is 13.6. The monoisotopic (exact) mass is 238 g/mol. The topological polar surface area (TPSA) is 75.6 Å². The fourth-order valence-corrected chi connectivity index (χ4v) is 1.72. The largest absolute Gasteiger partial charge is 0.466 e. The van der Waals surface area contributed by atoms with Crippen molar-refractivity contribution in [3.63, 3.8) is 0 Å². The van der Waals surface area contributed by atoms with E-state index in [9.17, 15) is 0 Å². The number of nitrogens with one attached hydrogen (secondary N) is 2. The van der Waals surface area contributed by atoms with Crippen LogP contribution in [0.2, 0.25) is 0 Å². The lowest BCUT2D eigenvalue weighted by molar-refractivity contribution is 0.499. The first-order valence-electron chi connectivity index (χ1n) is 5.82. The molecule has 1 aromatic heterocycles. The summed E-state index contributed by atoms with van der Waals surface area (Å²) in [6.07, 6.45) is 0. The van der Waals surface area contributed by atoms with Crippen LogP contribution in [0.25, 0.3) is 0 Å². The summed E-state index contributed by atoms with van der Waals surface area (Å²) in [7, 11) is 0. The molecule has 1 aromatic rings. The van der Waals surface area contributed by atoms with Crippen LogP contribution in [0.1, 0.15) is 43.9 Å². The van der Waals surface area contributed by atoms with Gasteiger partial charge in [0.2, 0.25) is 5.96 Å². The molecular weight excluding hydrogens is 216 g/mol. The van der Waals surface area contributed by atoms with Crippen molar-refractivity contribution in [1.29, 1.82) is 0 Å². The highest BCUT2D eigenvalue weighted by Gasteiger charge is 2.12. The quantitative estimate of drug-likeness (QED) is 0.325. The van der Waals surface area contributed by atoms with Crippen LogP contribution in [-0.4, -0.2) is 12.0 Å². The SMILES string of the molecule is Cc1cc(C(C)N=C(NN)NC(C)C)c(C)o1. The highest BCUT2D eigenvalue weighted by molar-refractivity contribution is 5.79. The van der Waals surface area contributed by atoms with Crippen molar-refractivity contribution in [2.24, 2.45) is 10.8 Å². The summed E-state index contributed by atoms with van der Waals surface area (Å²) in [6.45, 7) is 9.95. The summed E-state index contributed by atoms with van der Waals surface area (Å²) in [6, 6.07) is 2.29. The molecule has 17 heavy (non-hydrogen) atoms. The Labute approximate surface area is 102 Å². The molecule has 0 bridgehead atoms. The number of aliphatic imine (C=N–C) groups is 1. The van der Waals surface area contributed by atoms with E-state index in [-0.39, 0.29) is 12.1 Å². The normalized spacial score (nSPS) is 13.9. The molecule has 1 atom stereocenters. The number of hydrogen-bond acceptors (Lipinski definition) is 3. The Balaban J connectivity index is 2.85. The van der Waals surface area contributed by atoms with E-state index in [1.165, 1.54) is 0 Å². The van der Waals surface area contributed by atoms with Crippen molar-refractivity contribution in [2.75, 3.05) is 0 Å². The van der Waals surface area contributed by atoms with Gasteiger partial charge in [-0.05, 0) is 40.7 Å². The number of rotatable bonds is 3. The lowest BCUT2D eigenvalue weighted by Gasteiger charge is -2.14. The number of hydrazine groups is 1. The Hall–Kier alpha value is -1.49. The smallest absolute Gasteiger partial charge is 0.206 e. The van der Waals surface area contributed by atoms with Crippen LogP contribution in [0, 0.1) is 13.8 Å². The molecule has 0 amide bonds. The van der Waals surface area contributed by atoms with Gasteiger partial charge in [-0.1, -0.05) is 0 Å². The maximum absolute atomic E-state index is 5.49. The van der Waals surface area contributed by atoms with E-state index in [0.717, 1.165) is 17.1 Å². The van der Waals surface area contributed by atoms with Crippen LogP contribution in [0.5, 0.6) is 0 Å². The van der Waals surface area contributed by atoms with Gasteiger partial charge in [-0.3, -0.25) is 5.43 Å². The molecule has 0 aromatic carbocycles. The first-order valence-corrected chi connectivity index (χ1v) is 5.82. The lowest BCUT2D eigenvalue weighted by Crippen LogP contribution is -2.44. The highest BCUT2D eigenvalue weighted by atomic mass is 16.3. The Morgan fingerprint density at radius 2 is 2.00 bits per heavy atom. The van der Waals surface area contributed by atoms with Gasteiger partial charge in [-0.15, -0.1) is 0 Å². The molecule has 0 spiro atoms. The predicted octanol–water partition coefficient (Wildman–Crippen LogP) is 1.77. The van der Waals surface area contributed by atoms with Crippen LogP contribution in [0.3, 0.4) is 0 Å². The molecule has 0 saturated carbocycles. The minimum atomic E-state index is 0.00440. The molecule has 0 aliphatic rings. The van der Waals surface area contributed by atoms with E-state index in [0.29, 0.717) is 5.96 Å². The molecule has 1 unspecified atom stereocenters. The molecule has 1 heterocycles. The third kappa shape index (κ3) is 3.78. The summed E-state index contributed by atoms with van der Waals surface area (Å²) in [5.74, 6) is 7.82. The minimum absolute atomic E-state index is 0.00440. The molecule has 0 radical (unpaired) electrons. The molecule has 4 N–H and O–H groups in total. The standard InChI is InChI=1S/C12H22N4O/c1-7(2)14-12(16-13)15-9(4)11-6-8(3)17-10(11)5/h6-7,9H,13H2,1-5H3,(H2,14,15,16). The molecule has 1 rings (SSSR count). The summed E-state index contributed by atoms with van der Waals surface area (Å²) in [5, 5.41) is 3.14. The maximum Gasteiger partial charge on any atom is 0.206 e. The summed E-state index contributed by atoms with van der Waals surface area (Å²) in [4.78, 5) is 4.49. The van der Waals surface area contributed by atoms with E-state index in [4.69, 9.17) is 10.3 Å². The van der Waals surface area contributed by atoms with Gasteiger partial charge in [0.05, 0.1) is 6.04 Å². The zero-order valence-electron chi connectivity index (χ0n) is 11.2. The van der Waals surface area contributed by atoms with Gasteiger partial charge in [0, 0.05) is 11.6 Å². The first-order chi connectivity index (χ1) is 7.93. The van der Waals surface area contributed by atoms with Gasteiger partial charge in [0.1, 0.15) is 11.5 Å². The van der Waals surface area contributed by atoms with E-state index < -0.39 is 0 Å². The molecule has 5 heteroatoms. The third-order valence-electron chi connectivity index (χ3n) is 2.41. The second kappa shape index (κ2) is 5.72. The predicted molar refractivity (Wildman–Crippen MR) is 69.6 cm³/mol. The van der Waals surface area contributed by atoms with E-state index in [1.54, 1.807) is 0 Å². The molecule has 5 nitrogen and oxygen atoms in total. The summed E-state index contributed by atoms with van der Waals surface area (Å²) < 4.78 is 5.49.